The molecule has 1 saturated heterocycles. The van der Waals surface area contributed by atoms with Crippen molar-refractivity contribution in [2.24, 2.45) is 16.9 Å². The fourth-order valence-electron chi connectivity index (χ4n) is 4.52. The Bertz CT molecular complexity index is 1370. The number of ketones is 1. The Hall–Kier alpha value is -4.06. The molecule has 3 rings (SSSR count). The number of hydrogen-bond acceptors (Lipinski definition) is 10. The molecule has 0 spiro atoms. The molecular weight excluding hydrogens is 634 g/mol. The Kier molecular flexibility index (Phi) is 22.1. The summed E-state index contributed by atoms with van der Waals surface area (Å²) in [6.45, 7) is 20.6. The Morgan fingerprint density at radius 2 is 1.83 bits per heavy atom. The molecule has 1 aromatic carbocycles. The minimum absolute atomic E-state index is 0.0625. The Morgan fingerprint density at radius 1 is 1.19 bits per heavy atom. The third-order valence-electron chi connectivity index (χ3n) is 6.30. The van der Waals surface area contributed by atoms with E-state index in [1.165, 1.54) is 33.3 Å². The number of rotatable bonds is 14. The number of methoxy groups -OCH3 is 2. The summed E-state index contributed by atoms with van der Waals surface area (Å²) < 4.78 is 23.0. The molecule has 0 amide bonds. The first-order valence-corrected chi connectivity index (χ1v) is 16.0. The molecule has 1 aliphatic heterocycles. The van der Waals surface area contributed by atoms with Crippen LogP contribution < -0.4 is 25.7 Å². The van der Waals surface area contributed by atoms with Crippen molar-refractivity contribution in [1.82, 2.24) is 9.88 Å². The lowest BCUT2D eigenvalue weighted by molar-refractivity contribution is -0.115. The molecule has 1 unspecified atom stereocenters. The Balaban J connectivity index is 0.00000133. The number of hydrogen-bond donors (Lipinski definition) is 4. The van der Waals surface area contributed by atoms with Gasteiger partial charge in [0.25, 0.3) is 0 Å². The van der Waals surface area contributed by atoms with Crippen molar-refractivity contribution < 1.29 is 28.8 Å². The first kappa shape index (κ1) is 43.9. The number of likely N-dealkylation sites (tertiary alicyclic amines) is 1. The molecule has 2 heterocycles. The highest BCUT2D eigenvalue weighted by molar-refractivity contribution is 6.29. The first-order chi connectivity index (χ1) is 22.6. The Morgan fingerprint density at radius 3 is 2.35 bits per heavy atom. The van der Waals surface area contributed by atoms with Gasteiger partial charge in [0.2, 0.25) is 0 Å². The molecule has 48 heavy (non-hydrogen) atoms. The number of fused-ring (bicyclic) bond motifs is 1. The third kappa shape index (κ3) is 19.6. The van der Waals surface area contributed by atoms with E-state index in [-0.39, 0.29) is 22.8 Å². The van der Waals surface area contributed by atoms with Crippen molar-refractivity contribution in [3.05, 3.63) is 72.3 Å². The molecule has 1 fully saturated rings. The van der Waals surface area contributed by atoms with E-state index in [4.69, 9.17) is 52.5 Å². The van der Waals surface area contributed by atoms with Gasteiger partial charge in [0.15, 0.2) is 11.5 Å². The van der Waals surface area contributed by atoms with Crippen molar-refractivity contribution >= 4 is 34.1 Å². The second-order valence-corrected chi connectivity index (χ2v) is 12.1. The predicted molar refractivity (Wildman–Crippen MR) is 197 cm³/mol. The van der Waals surface area contributed by atoms with E-state index in [9.17, 15) is 4.79 Å². The summed E-state index contributed by atoms with van der Waals surface area (Å²) in [6, 6.07) is 5.61. The number of ether oxygens (including phenoxy) is 4. The number of pyridine rings is 1. The number of benzene rings is 1. The average molecular weight is 690 g/mol. The quantitative estimate of drug-likeness (QED) is 0.0538. The van der Waals surface area contributed by atoms with Gasteiger partial charge in [0.05, 0.1) is 31.6 Å². The second kappa shape index (κ2) is 24.1. The lowest BCUT2D eigenvalue weighted by atomic mass is 9.91. The Labute approximate surface area is 291 Å². The zero-order valence-electron chi connectivity index (χ0n) is 29.7. The summed E-state index contributed by atoms with van der Waals surface area (Å²) in [4.78, 5) is 16.4. The van der Waals surface area contributed by atoms with E-state index in [0.717, 1.165) is 43.6 Å². The summed E-state index contributed by atoms with van der Waals surface area (Å²) in [5.41, 5.74) is 12.0. The van der Waals surface area contributed by atoms with Crippen LogP contribution in [-0.4, -0.2) is 80.3 Å². The highest BCUT2D eigenvalue weighted by Crippen LogP contribution is 2.36. The molecule has 0 aliphatic carbocycles. The van der Waals surface area contributed by atoms with Gasteiger partial charge in [-0.25, -0.2) is 0 Å². The van der Waals surface area contributed by atoms with Crippen molar-refractivity contribution in [3.63, 3.8) is 0 Å². The number of nitrogens with two attached hydrogens (primary N) is 2. The van der Waals surface area contributed by atoms with Gasteiger partial charge in [-0.2, -0.15) is 0 Å². The maximum atomic E-state index is 9.44. The van der Waals surface area contributed by atoms with Crippen LogP contribution >= 0.6 is 11.6 Å². The average Bonchev–Trinajstić information content (AvgIpc) is 3.34. The van der Waals surface area contributed by atoms with Gasteiger partial charge in [-0.15, -0.1) is 6.58 Å². The lowest BCUT2D eigenvalue weighted by Gasteiger charge is -2.23. The molecule has 0 radical (unpaired) electrons. The molecule has 11 nitrogen and oxygen atoms in total. The first-order valence-electron chi connectivity index (χ1n) is 15.6. The number of aliphatic hydroxyl groups excluding tert-OH is 1. The normalized spacial score (nSPS) is 15.8. The lowest BCUT2D eigenvalue weighted by Crippen LogP contribution is -2.29. The monoisotopic (exact) mass is 689 g/mol. The van der Waals surface area contributed by atoms with E-state index < -0.39 is 0 Å². The standard InChI is InChI=1S/C26H36ClN3O4.C4H8N2O.C3H6O.C3H6/c1-19(28)14-20(27)7-13-34-23-6-9-29-22-16-25(24(32-4)15-21(22)23)33-12-5-10-30-11-8-26(2,17-30)18-31-3;1-3(7)2-4(5)6;1-3(2)4;1-3-2/h6-7,9,15-16H,1,5,8,10-14,17-18,28H2,2-4H3;2,7H,1H3,(H3,5,6);1-2H3;3H,1H2,2H3/b20-7+;3-2-;;. The highest BCUT2D eigenvalue weighted by atomic mass is 35.5. The van der Waals surface area contributed by atoms with E-state index in [1.54, 1.807) is 32.6 Å². The maximum Gasteiger partial charge on any atom is 0.163 e. The zero-order valence-corrected chi connectivity index (χ0v) is 30.5. The molecule has 2 aromatic rings. The minimum Gasteiger partial charge on any atom is -0.512 e. The van der Waals surface area contributed by atoms with E-state index in [2.05, 4.69) is 30.0 Å². The number of Topliss-reactive ketones (excluding diaryl/α,β-unsaturated/α-hetero) is 1. The number of carbonyl (C=O) groups is 1. The molecular formula is C36H56ClN5O6. The summed E-state index contributed by atoms with van der Waals surface area (Å²) in [6.07, 6.45) is 8.94. The topological polar surface area (TPSA) is 166 Å². The van der Waals surface area contributed by atoms with Gasteiger partial charge in [0.1, 0.15) is 24.0 Å². The smallest absolute Gasteiger partial charge is 0.163 e. The van der Waals surface area contributed by atoms with Crippen LogP contribution in [-0.2, 0) is 9.53 Å². The van der Waals surface area contributed by atoms with Crippen molar-refractivity contribution in [1.29, 1.82) is 5.41 Å². The van der Waals surface area contributed by atoms with Crippen molar-refractivity contribution in [3.8, 4) is 17.2 Å². The maximum absolute atomic E-state index is 9.44. The van der Waals surface area contributed by atoms with Crippen LogP contribution in [0.2, 0.25) is 0 Å². The highest BCUT2D eigenvalue weighted by Gasteiger charge is 2.33. The molecule has 1 atom stereocenters. The molecule has 0 saturated carbocycles. The number of amidine groups is 1. The molecule has 12 heteroatoms. The third-order valence-corrected chi connectivity index (χ3v) is 6.58. The zero-order chi connectivity index (χ0) is 36.7. The van der Waals surface area contributed by atoms with Gasteiger partial charge >= 0.3 is 0 Å². The predicted octanol–water partition coefficient (Wildman–Crippen LogP) is 6.91. The van der Waals surface area contributed by atoms with Crippen LogP contribution in [0.25, 0.3) is 10.9 Å². The number of aliphatic hydroxyl groups is 1. The second-order valence-electron chi connectivity index (χ2n) is 11.7. The van der Waals surface area contributed by atoms with Crippen LogP contribution in [0.15, 0.2) is 72.3 Å². The number of allylic oxidation sites excluding steroid dienone is 3. The molecule has 1 aliphatic rings. The van der Waals surface area contributed by atoms with E-state index >= 15 is 0 Å². The van der Waals surface area contributed by atoms with Gasteiger partial charge in [-0.3, -0.25) is 10.4 Å². The van der Waals surface area contributed by atoms with Crippen molar-refractivity contribution in [2.75, 3.05) is 53.7 Å². The summed E-state index contributed by atoms with van der Waals surface area (Å²) >= 11 is 6.14. The minimum atomic E-state index is -0.125. The van der Waals surface area contributed by atoms with E-state index in [0.29, 0.717) is 47.6 Å². The summed E-state index contributed by atoms with van der Waals surface area (Å²) in [7, 11) is 3.41. The molecule has 6 N–H and O–H groups in total. The molecule has 1 aromatic heterocycles. The summed E-state index contributed by atoms with van der Waals surface area (Å²) in [5, 5.41) is 16.4. The van der Waals surface area contributed by atoms with Gasteiger partial charge in [-0.1, -0.05) is 31.2 Å². The number of nitrogens with zero attached hydrogens (tertiary/aromatic N) is 2. The van der Waals surface area contributed by atoms with Crippen LogP contribution in [0.5, 0.6) is 17.2 Å². The molecule has 0 bridgehead atoms. The number of halogens is 1. The number of carbonyl (C=O) groups excluding carboxylic acids is 1. The van der Waals surface area contributed by atoms with E-state index in [1.807, 2.05) is 25.1 Å². The van der Waals surface area contributed by atoms with Gasteiger partial charge < -0.3 is 45.2 Å². The van der Waals surface area contributed by atoms with Gasteiger partial charge in [-0.05, 0) is 65.3 Å². The van der Waals surface area contributed by atoms with Crippen LogP contribution in [0, 0.1) is 10.8 Å². The van der Waals surface area contributed by atoms with Crippen LogP contribution in [0.3, 0.4) is 0 Å². The van der Waals surface area contributed by atoms with Crippen molar-refractivity contribution in [2.45, 2.75) is 53.9 Å². The summed E-state index contributed by atoms with van der Waals surface area (Å²) in [5.74, 6) is 2.12. The van der Waals surface area contributed by atoms with Gasteiger partial charge in [0, 0.05) is 66.5 Å². The van der Waals surface area contributed by atoms with Crippen LogP contribution in [0.4, 0.5) is 0 Å². The fourth-order valence-corrected chi connectivity index (χ4v) is 4.75. The number of aromatic nitrogens is 1. The largest absolute Gasteiger partial charge is 0.512 e. The molecule has 268 valence electrons. The SMILES string of the molecule is C/C(O)=C/C(=N)N.C=C(N)C/C(Cl)=C\COc1ccnc2cc(OCCCN3CCC(C)(COC)C3)c(OC)cc12.C=CC.CC(C)=O. The number of nitrogens with one attached hydrogen (secondary N) is 1. The fraction of sp³-hybridized carbons (Fsp3) is 0.472. The van der Waals surface area contributed by atoms with Crippen LogP contribution in [0.1, 0.15) is 53.9 Å².